The molecule has 10 aromatic rings. The SMILES string of the molecule is c1ccc2c(-c3ccc(N(c4cccc5ccccc45)c4cccc5ccc6ccccc6c45)c4c3oc3ccccc34)cccc2c1. The third kappa shape index (κ3) is 4.00. The van der Waals surface area contributed by atoms with Crippen LogP contribution in [0.2, 0.25) is 0 Å². The normalized spacial score (nSPS) is 11.8. The number of hydrogen-bond acceptors (Lipinski definition) is 2. The molecule has 0 aliphatic heterocycles. The van der Waals surface area contributed by atoms with Gasteiger partial charge in [-0.15, -0.1) is 0 Å². The highest BCUT2D eigenvalue weighted by Crippen LogP contribution is 2.50. The summed E-state index contributed by atoms with van der Waals surface area (Å²) in [4.78, 5) is 2.47. The highest BCUT2D eigenvalue weighted by molar-refractivity contribution is 6.22. The van der Waals surface area contributed by atoms with Gasteiger partial charge in [0.2, 0.25) is 0 Å². The molecule has 0 N–H and O–H groups in total. The van der Waals surface area contributed by atoms with Crippen molar-refractivity contribution in [2.75, 3.05) is 4.90 Å². The Bertz CT molecular complexity index is 2850. The quantitative estimate of drug-likeness (QED) is 0.184. The number of rotatable bonds is 4. The molecule has 0 saturated carbocycles. The number of anilines is 3. The first-order valence-corrected chi connectivity index (χ1v) is 16.4. The molecule has 0 saturated heterocycles. The van der Waals surface area contributed by atoms with Crippen molar-refractivity contribution in [1.82, 2.24) is 0 Å². The maximum absolute atomic E-state index is 6.87. The van der Waals surface area contributed by atoms with Crippen molar-refractivity contribution < 1.29 is 4.42 Å². The van der Waals surface area contributed by atoms with E-state index >= 15 is 0 Å². The van der Waals surface area contributed by atoms with Crippen molar-refractivity contribution in [3.63, 3.8) is 0 Å². The van der Waals surface area contributed by atoms with E-state index in [9.17, 15) is 0 Å². The first-order chi connectivity index (χ1) is 23.8. The van der Waals surface area contributed by atoms with E-state index in [1.807, 2.05) is 0 Å². The summed E-state index contributed by atoms with van der Waals surface area (Å²) in [6.07, 6.45) is 0. The van der Waals surface area contributed by atoms with Crippen molar-refractivity contribution >= 4 is 82.1 Å². The van der Waals surface area contributed by atoms with Gasteiger partial charge in [0.1, 0.15) is 11.2 Å². The lowest BCUT2D eigenvalue weighted by molar-refractivity contribution is 0.670. The van der Waals surface area contributed by atoms with Crippen molar-refractivity contribution in [2.24, 2.45) is 0 Å². The summed E-state index contributed by atoms with van der Waals surface area (Å²) in [5, 5.41) is 11.9. The molecule has 0 aliphatic carbocycles. The molecular weight excluding hydrogens is 583 g/mol. The Morgan fingerprint density at radius 1 is 0.312 bits per heavy atom. The molecule has 2 heteroatoms. The van der Waals surface area contributed by atoms with Crippen LogP contribution in [0.1, 0.15) is 0 Å². The first kappa shape index (κ1) is 26.8. The summed E-state index contributed by atoms with van der Waals surface area (Å²) in [5.41, 5.74) is 7.35. The van der Waals surface area contributed by atoms with E-state index in [0.29, 0.717) is 0 Å². The summed E-state index contributed by atoms with van der Waals surface area (Å²) < 4.78 is 6.87. The van der Waals surface area contributed by atoms with Crippen LogP contribution < -0.4 is 4.90 Å². The minimum atomic E-state index is 0.877. The highest BCUT2D eigenvalue weighted by atomic mass is 16.3. The van der Waals surface area contributed by atoms with Crippen molar-refractivity contribution in [2.45, 2.75) is 0 Å². The van der Waals surface area contributed by atoms with Gasteiger partial charge >= 0.3 is 0 Å². The topological polar surface area (TPSA) is 16.4 Å². The molecule has 0 radical (unpaired) electrons. The largest absolute Gasteiger partial charge is 0.455 e. The van der Waals surface area contributed by atoms with Gasteiger partial charge in [-0.25, -0.2) is 0 Å². The smallest absolute Gasteiger partial charge is 0.145 e. The average molecular weight is 612 g/mol. The molecule has 0 fully saturated rings. The van der Waals surface area contributed by atoms with Crippen molar-refractivity contribution in [1.29, 1.82) is 0 Å². The Kier molecular flexibility index (Phi) is 5.91. The monoisotopic (exact) mass is 611 g/mol. The highest BCUT2D eigenvalue weighted by Gasteiger charge is 2.25. The van der Waals surface area contributed by atoms with Crippen LogP contribution in [0.25, 0.3) is 76.2 Å². The van der Waals surface area contributed by atoms with E-state index in [1.54, 1.807) is 0 Å². The van der Waals surface area contributed by atoms with E-state index in [2.05, 4.69) is 181 Å². The van der Waals surface area contributed by atoms with Gasteiger partial charge in [-0.05, 0) is 68.2 Å². The Labute approximate surface area is 277 Å². The van der Waals surface area contributed by atoms with Gasteiger partial charge < -0.3 is 9.32 Å². The summed E-state index contributed by atoms with van der Waals surface area (Å²) in [5.74, 6) is 0. The standard InChI is InChI=1S/C46H29NO/c1-4-18-34-30(12-1)15-9-22-37(34)38-28-29-42(45-39-21-7-8-25-43(39)48-46(38)45)47(40-23-10-16-31-13-2-5-19-35(31)40)41-24-11-17-33-27-26-32-14-3-6-20-36(32)44(33)41/h1-29H. The van der Waals surface area contributed by atoms with Crippen molar-refractivity contribution in [3.8, 4) is 11.1 Å². The second-order valence-corrected chi connectivity index (χ2v) is 12.5. The Hall–Kier alpha value is -6.38. The maximum atomic E-state index is 6.87. The van der Waals surface area contributed by atoms with Gasteiger partial charge in [0.15, 0.2) is 0 Å². The van der Waals surface area contributed by atoms with Crippen LogP contribution in [0.3, 0.4) is 0 Å². The zero-order valence-electron chi connectivity index (χ0n) is 26.1. The third-order valence-electron chi connectivity index (χ3n) is 9.82. The lowest BCUT2D eigenvalue weighted by atomic mass is 9.94. The molecule has 1 aromatic heterocycles. The molecule has 0 amide bonds. The molecule has 0 spiro atoms. The molecule has 2 nitrogen and oxygen atoms in total. The molecule has 9 aromatic carbocycles. The number of para-hydroxylation sites is 1. The second-order valence-electron chi connectivity index (χ2n) is 12.5. The summed E-state index contributed by atoms with van der Waals surface area (Å²) in [6, 6.07) is 63.3. The van der Waals surface area contributed by atoms with Crippen LogP contribution in [-0.2, 0) is 0 Å². The average Bonchev–Trinajstić information content (AvgIpc) is 3.55. The molecular formula is C46H29NO. The van der Waals surface area contributed by atoms with Crippen LogP contribution in [0, 0.1) is 0 Å². The van der Waals surface area contributed by atoms with Gasteiger partial charge in [0.05, 0.1) is 22.4 Å². The number of hydrogen-bond donors (Lipinski definition) is 0. The molecule has 1 heterocycles. The molecule has 10 rings (SSSR count). The predicted octanol–water partition coefficient (Wildman–Crippen LogP) is 13.3. The minimum absolute atomic E-state index is 0.877. The fraction of sp³-hybridized carbons (Fsp3) is 0. The van der Waals surface area contributed by atoms with Crippen LogP contribution in [-0.4, -0.2) is 0 Å². The van der Waals surface area contributed by atoms with Crippen LogP contribution in [0.4, 0.5) is 17.1 Å². The van der Waals surface area contributed by atoms with Gasteiger partial charge in [0, 0.05) is 21.7 Å². The number of nitrogens with zero attached hydrogens (tertiary/aromatic N) is 1. The molecule has 0 bridgehead atoms. The lowest BCUT2D eigenvalue weighted by Gasteiger charge is -2.29. The van der Waals surface area contributed by atoms with Gasteiger partial charge in [-0.2, -0.15) is 0 Å². The zero-order chi connectivity index (χ0) is 31.6. The molecule has 48 heavy (non-hydrogen) atoms. The van der Waals surface area contributed by atoms with E-state index < -0.39 is 0 Å². The van der Waals surface area contributed by atoms with Crippen LogP contribution in [0.5, 0.6) is 0 Å². The number of fused-ring (bicyclic) bond motifs is 8. The molecule has 224 valence electrons. The summed E-state index contributed by atoms with van der Waals surface area (Å²) in [7, 11) is 0. The number of furan rings is 1. The van der Waals surface area contributed by atoms with Crippen molar-refractivity contribution in [3.05, 3.63) is 176 Å². The molecule has 0 atom stereocenters. The second kappa shape index (κ2) is 10.6. The van der Waals surface area contributed by atoms with Crippen LogP contribution in [0.15, 0.2) is 180 Å². The van der Waals surface area contributed by atoms with E-state index in [0.717, 1.165) is 50.1 Å². The van der Waals surface area contributed by atoms with E-state index in [-0.39, 0.29) is 0 Å². The lowest BCUT2D eigenvalue weighted by Crippen LogP contribution is -2.11. The van der Waals surface area contributed by atoms with E-state index in [1.165, 1.54) is 43.1 Å². The Balaban J connectivity index is 1.37. The van der Waals surface area contributed by atoms with Gasteiger partial charge in [0.25, 0.3) is 0 Å². The van der Waals surface area contributed by atoms with Gasteiger partial charge in [-0.1, -0.05) is 146 Å². The zero-order valence-corrected chi connectivity index (χ0v) is 26.1. The van der Waals surface area contributed by atoms with Gasteiger partial charge in [-0.3, -0.25) is 0 Å². The minimum Gasteiger partial charge on any atom is -0.455 e. The number of benzene rings is 9. The van der Waals surface area contributed by atoms with E-state index in [4.69, 9.17) is 4.42 Å². The predicted molar refractivity (Wildman–Crippen MR) is 204 cm³/mol. The fourth-order valence-electron chi connectivity index (χ4n) is 7.69. The van der Waals surface area contributed by atoms with Crippen LogP contribution >= 0.6 is 0 Å². The summed E-state index contributed by atoms with van der Waals surface area (Å²) >= 11 is 0. The summed E-state index contributed by atoms with van der Waals surface area (Å²) in [6.45, 7) is 0. The molecule has 0 aliphatic rings. The fourth-order valence-corrected chi connectivity index (χ4v) is 7.69. The Morgan fingerprint density at radius 2 is 0.854 bits per heavy atom. The Morgan fingerprint density at radius 3 is 1.67 bits per heavy atom. The maximum Gasteiger partial charge on any atom is 0.145 e. The third-order valence-corrected chi connectivity index (χ3v) is 9.82. The molecule has 0 unspecified atom stereocenters. The first-order valence-electron chi connectivity index (χ1n) is 16.4.